The van der Waals surface area contributed by atoms with Crippen molar-refractivity contribution in [1.29, 1.82) is 0 Å². The number of carbonyl (C=O) groups is 1. The predicted molar refractivity (Wildman–Crippen MR) is 120 cm³/mol. The van der Waals surface area contributed by atoms with E-state index in [1.54, 1.807) is 39.3 Å². The number of rotatable bonds is 8. The summed E-state index contributed by atoms with van der Waals surface area (Å²) in [4.78, 5) is 14.5. The molecule has 6 heteroatoms. The monoisotopic (exact) mass is 412 g/mol. The molecule has 0 bridgehead atoms. The molecule has 30 heavy (non-hydrogen) atoms. The van der Waals surface area contributed by atoms with Crippen molar-refractivity contribution in [2.24, 2.45) is 0 Å². The number of urea groups is 1. The first-order valence-corrected chi connectivity index (χ1v) is 9.72. The van der Waals surface area contributed by atoms with Crippen molar-refractivity contribution in [3.63, 3.8) is 0 Å². The Morgan fingerprint density at radius 3 is 2.30 bits per heavy atom. The number of amides is 2. The summed E-state index contributed by atoms with van der Waals surface area (Å²) >= 11 is 0. The van der Waals surface area contributed by atoms with Crippen LogP contribution in [0.1, 0.15) is 37.5 Å². The van der Waals surface area contributed by atoms with E-state index in [-0.39, 0.29) is 6.03 Å². The highest BCUT2D eigenvalue weighted by Gasteiger charge is 2.26. The SMILES string of the molecule is C=C(C)c1cccc(C(C)(C)NC(=O)N(C)Cc2ccc(OC)c(OC)c2OC)c1. The summed E-state index contributed by atoms with van der Waals surface area (Å²) in [6, 6.07) is 11.5. The minimum atomic E-state index is -0.557. The number of ether oxygens (including phenoxy) is 3. The Morgan fingerprint density at radius 1 is 1.07 bits per heavy atom. The molecule has 0 saturated carbocycles. The lowest BCUT2D eigenvalue weighted by atomic mass is 9.92. The van der Waals surface area contributed by atoms with Crippen LogP contribution in [-0.4, -0.2) is 39.3 Å². The third kappa shape index (κ3) is 5.06. The second kappa shape index (κ2) is 9.57. The molecule has 0 aromatic heterocycles. The molecule has 0 fully saturated rings. The summed E-state index contributed by atoms with van der Waals surface area (Å²) in [5.74, 6) is 1.62. The van der Waals surface area contributed by atoms with Gasteiger partial charge in [-0.2, -0.15) is 0 Å². The van der Waals surface area contributed by atoms with E-state index in [1.807, 2.05) is 45.0 Å². The summed E-state index contributed by atoms with van der Waals surface area (Å²) in [7, 11) is 6.44. The molecule has 2 amide bonds. The predicted octanol–water partition coefficient (Wildman–Crippen LogP) is 4.82. The van der Waals surface area contributed by atoms with Gasteiger partial charge in [-0.1, -0.05) is 30.4 Å². The summed E-state index contributed by atoms with van der Waals surface area (Å²) in [5, 5.41) is 3.11. The molecule has 2 rings (SSSR count). The molecule has 0 heterocycles. The van der Waals surface area contributed by atoms with Crippen LogP contribution in [0, 0.1) is 0 Å². The van der Waals surface area contributed by atoms with Gasteiger partial charge in [0, 0.05) is 12.6 Å². The van der Waals surface area contributed by atoms with Crippen LogP contribution in [0.2, 0.25) is 0 Å². The largest absolute Gasteiger partial charge is 0.493 e. The van der Waals surface area contributed by atoms with Crippen LogP contribution in [0.4, 0.5) is 4.79 Å². The maximum absolute atomic E-state index is 12.9. The second-order valence-corrected chi connectivity index (χ2v) is 7.77. The third-order valence-corrected chi connectivity index (χ3v) is 5.04. The summed E-state index contributed by atoms with van der Waals surface area (Å²) < 4.78 is 16.3. The minimum Gasteiger partial charge on any atom is -0.493 e. The van der Waals surface area contributed by atoms with Crippen LogP contribution in [0.15, 0.2) is 43.0 Å². The summed E-state index contributed by atoms with van der Waals surface area (Å²) in [6.07, 6.45) is 0. The number of allylic oxidation sites excluding steroid dienone is 1. The molecule has 6 nitrogen and oxygen atoms in total. The molecule has 0 aliphatic heterocycles. The molecular formula is C24H32N2O4. The smallest absolute Gasteiger partial charge is 0.318 e. The van der Waals surface area contributed by atoms with Gasteiger partial charge in [0.05, 0.1) is 33.4 Å². The summed E-state index contributed by atoms with van der Waals surface area (Å²) in [5.41, 5.74) is 3.30. The highest BCUT2D eigenvalue weighted by molar-refractivity contribution is 5.75. The number of nitrogens with zero attached hydrogens (tertiary/aromatic N) is 1. The van der Waals surface area contributed by atoms with Crippen molar-refractivity contribution in [2.75, 3.05) is 28.4 Å². The van der Waals surface area contributed by atoms with E-state index in [1.165, 1.54) is 0 Å². The van der Waals surface area contributed by atoms with Gasteiger partial charge in [0.25, 0.3) is 0 Å². The van der Waals surface area contributed by atoms with Crippen molar-refractivity contribution in [3.8, 4) is 17.2 Å². The number of nitrogens with one attached hydrogen (secondary N) is 1. The number of hydrogen-bond donors (Lipinski definition) is 1. The Hall–Kier alpha value is -3.15. The van der Waals surface area contributed by atoms with E-state index in [4.69, 9.17) is 14.2 Å². The molecule has 2 aromatic carbocycles. The fourth-order valence-electron chi connectivity index (χ4n) is 3.22. The molecule has 2 aromatic rings. The number of methoxy groups -OCH3 is 3. The molecule has 0 unspecified atom stereocenters. The zero-order valence-corrected chi connectivity index (χ0v) is 19.0. The maximum Gasteiger partial charge on any atom is 0.318 e. The molecule has 162 valence electrons. The Bertz CT molecular complexity index is 921. The average Bonchev–Trinajstić information content (AvgIpc) is 2.72. The Morgan fingerprint density at radius 2 is 1.73 bits per heavy atom. The Kier molecular flexibility index (Phi) is 7.38. The van der Waals surface area contributed by atoms with Gasteiger partial charge in [-0.05, 0) is 50.1 Å². The normalized spacial score (nSPS) is 10.9. The van der Waals surface area contributed by atoms with E-state index >= 15 is 0 Å². The minimum absolute atomic E-state index is 0.197. The molecular weight excluding hydrogens is 380 g/mol. The fourth-order valence-corrected chi connectivity index (χ4v) is 3.22. The summed E-state index contributed by atoms with van der Waals surface area (Å²) in [6.45, 7) is 10.3. The van der Waals surface area contributed by atoms with Gasteiger partial charge < -0.3 is 24.4 Å². The van der Waals surface area contributed by atoms with Crippen molar-refractivity contribution in [2.45, 2.75) is 32.9 Å². The highest BCUT2D eigenvalue weighted by atomic mass is 16.5. The lowest BCUT2D eigenvalue weighted by Gasteiger charge is -2.30. The van der Waals surface area contributed by atoms with Gasteiger partial charge in [0.15, 0.2) is 11.5 Å². The first-order valence-electron chi connectivity index (χ1n) is 9.72. The van der Waals surface area contributed by atoms with E-state index in [9.17, 15) is 4.79 Å². The molecule has 0 aliphatic rings. The van der Waals surface area contributed by atoms with Crippen molar-refractivity contribution < 1.29 is 19.0 Å². The topological polar surface area (TPSA) is 60.0 Å². The van der Waals surface area contributed by atoms with Crippen LogP contribution < -0.4 is 19.5 Å². The molecule has 0 radical (unpaired) electrons. The maximum atomic E-state index is 12.9. The van der Waals surface area contributed by atoms with Crippen LogP contribution in [0.25, 0.3) is 5.57 Å². The molecule has 0 aliphatic carbocycles. The molecule has 1 N–H and O–H groups in total. The lowest BCUT2D eigenvalue weighted by Crippen LogP contribution is -2.46. The Labute approximate surface area is 179 Å². The standard InChI is InChI=1S/C24H32N2O4/c1-16(2)17-10-9-11-19(14-17)24(3,4)25-23(27)26(5)15-18-12-13-20(28-6)22(30-8)21(18)29-7/h9-14H,1,15H2,2-8H3,(H,25,27). The number of carbonyl (C=O) groups excluding carboxylic acids is 1. The van der Waals surface area contributed by atoms with E-state index < -0.39 is 5.54 Å². The third-order valence-electron chi connectivity index (χ3n) is 5.04. The van der Waals surface area contributed by atoms with Gasteiger partial charge in [-0.3, -0.25) is 0 Å². The van der Waals surface area contributed by atoms with Crippen LogP contribution >= 0.6 is 0 Å². The van der Waals surface area contributed by atoms with Crippen molar-refractivity contribution >= 4 is 11.6 Å². The zero-order chi connectivity index (χ0) is 22.5. The number of benzene rings is 2. The zero-order valence-electron chi connectivity index (χ0n) is 19.0. The van der Waals surface area contributed by atoms with Gasteiger partial charge in [0.1, 0.15) is 0 Å². The average molecular weight is 413 g/mol. The van der Waals surface area contributed by atoms with Crippen molar-refractivity contribution in [1.82, 2.24) is 10.2 Å². The first-order chi connectivity index (χ1) is 14.1. The van der Waals surface area contributed by atoms with E-state index in [2.05, 4.69) is 18.0 Å². The quantitative estimate of drug-likeness (QED) is 0.675. The molecule has 0 atom stereocenters. The van der Waals surface area contributed by atoms with Crippen LogP contribution in [0.5, 0.6) is 17.2 Å². The lowest BCUT2D eigenvalue weighted by molar-refractivity contribution is 0.194. The van der Waals surface area contributed by atoms with Gasteiger partial charge in [0.2, 0.25) is 5.75 Å². The molecule has 0 saturated heterocycles. The van der Waals surface area contributed by atoms with Crippen molar-refractivity contribution in [3.05, 3.63) is 59.7 Å². The van der Waals surface area contributed by atoms with Gasteiger partial charge >= 0.3 is 6.03 Å². The fraction of sp³-hybridized carbons (Fsp3) is 0.375. The second-order valence-electron chi connectivity index (χ2n) is 7.77. The first kappa shape index (κ1) is 23.1. The highest BCUT2D eigenvalue weighted by Crippen LogP contribution is 2.40. The van der Waals surface area contributed by atoms with Gasteiger partial charge in [-0.15, -0.1) is 0 Å². The van der Waals surface area contributed by atoms with Crippen LogP contribution in [0.3, 0.4) is 0 Å². The van der Waals surface area contributed by atoms with E-state index in [0.717, 1.165) is 22.3 Å². The van der Waals surface area contributed by atoms with Crippen LogP contribution in [-0.2, 0) is 12.1 Å². The van der Waals surface area contributed by atoms with Gasteiger partial charge in [-0.25, -0.2) is 4.79 Å². The van der Waals surface area contributed by atoms with E-state index in [0.29, 0.717) is 23.8 Å². The Balaban J connectivity index is 2.20. The molecule has 0 spiro atoms. The number of hydrogen-bond acceptors (Lipinski definition) is 4.